The average molecular weight is 1110 g/mol. The molecule has 6 nitrogen and oxygen atoms in total. The van der Waals surface area contributed by atoms with Crippen LogP contribution in [0.4, 0.5) is 0 Å². The zero-order valence-corrected chi connectivity index (χ0v) is 51.7. The fraction of sp³-hybridized carbons (Fsp3) is 0.560. The molecule has 1 unspecified atom stereocenters. The molecule has 0 aromatic rings. The van der Waals surface area contributed by atoms with Crippen molar-refractivity contribution in [3.8, 4) is 0 Å². The lowest BCUT2D eigenvalue weighted by atomic mass is 10.1. The van der Waals surface area contributed by atoms with Crippen LogP contribution in [0.5, 0.6) is 0 Å². The molecule has 0 heterocycles. The molecule has 0 aliphatic carbocycles. The van der Waals surface area contributed by atoms with Crippen LogP contribution in [0.1, 0.15) is 252 Å². The maximum atomic E-state index is 12.9. The van der Waals surface area contributed by atoms with Gasteiger partial charge in [-0.1, -0.05) is 274 Å². The van der Waals surface area contributed by atoms with Crippen molar-refractivity contribution in [2.75, 3.05) is 13.2 Å². The number of hydrogen-bond donors (Lipinski definition) is 0. The second-order valence-electron chi connectivity index (χ2n) is 20.5. The zero-order valence-electron chi connectivity index (χ0n) is 51.7. The third kappa shape index (κ3) is 65.2. The third-order valence-electron chi connectivity index (χ3n) is 12.9. The quantitative estimate of drug-likeness (QED) is 0.0261. The van der Waals surface area contributed by atoms with E-state index in [2.05, 4.69) is 197 Å². The maximum absolute atomic E-state index is 12.9. The minimum absolute atomic E-state index is 0.121. The maximum Gasteiger partial charge on any atom is 0.306 e. The van der Waals surface area contributed by atoms with Gasteiger partial charge >= 0.3 is 17.9 Å². The van der Waals surface area contributed by atoms with E-state index in [1.807, 2.05) is 6.08 Å². The summed E-state index contributed by atoms with van der Waals surface area (Å²) in [6.45, 7) is 6.21. The number of unbranched alkanes of at least 4 members (excludes halogenated alkanes) is 15. The molecule has 0 spiro atoms. The van der Waals surface area contributed by atoms with E-state index in [-0.39, 0.29) is 44.0 Å². The summed E-state index contributed by atoms with van der Waals surface area (Å²) >= 11 is 0. The van der Waals surface area contributed by atoms with Gasteiger partial charge < -0.3 is 14.2 Å². The SMILES string of the molecule is CC/C=C\C/C=C\C/C=C\C/C=C\C/C=C\C/C=C\CCC(=O)OCC(COC(=O)CCCCCCCCCCCC/C=C\C/C=C\C/C=C\C/C=C\CC)OC(=O)CCCCCCC/C=C\C/C=C\C/C=C\C/C=C\C/C=C\CC. The first-order chi connectivity index (χ1) is 40.0. The van der Waals surface area contributed by atoms with E-state index < -0.39 is 6.10 Å². The largest absolute Gasteiger partial charge is 0.462 e. The number of allylic oxidation sites excluding steroid dienone is 30. The van der Waals surface area contributed by atoms with E-state index in [1.165, 1.54) is 51.4 Å². The predicted octanol–water partition coefficient (Wildman–Crippen LogP) is 22.4. The molecule has 0 aliphatic heterocycles. The topological polar surface area (TPSA) is 78.9 Å². The highest BCUT2D eigenvalue weighted by molar-refractivity contribution is 5.71. The number of ether oxygens (including phenoxy) is 3. The van der Waals surface area contributed by atoms with E-state index in [0.29, 0.717) is 12.8 Å². The second-order valence-corrected chi connectivity index (χ2v) is 20.5. The zero-order chi connectivity index (χ0) is 58.5. The third-order valence-corrected chi connectivity index (χ3v) is 12.9. The van der Waals surface area contributed by atoms with Gasteiger partial charge in [0, 0.05) is 19.3 Å². The van der Waals surface area contributed by atoms with Crippen molar-refractivity contribution in [1.82, 2.24) is 0 Å². The summed E-state index contributed by atoms with van der Waals surface area (Å²) in [4.78, 5) is 38.4. The van der Waals surface area contributed by atoms with Crippen LogP contribution < -0.4 is 0 Å². The van der Waals surface area contributed by atoms with E-state index in [4.69, 9.17) is 14.2 Å². The summed E-state index contributed by atoms with van der Waals surface area (Å²) in [7, 11) is 0. The number of esters is 3. The summed E-state index contributed by atoms with van der Waals surface area (Å²) in [6.07, 6.45) is 100. The Hall–Kier alpha value is -5.49. The molecular formula is C75H116O6. The minimum Gasteiger partial charge on any atom is -0.462 e. The van der Waals surface area contributed by atoms with Crippen LogP contribution in [0.25, 0.3) is 0 Å². The van der Waals surface area contributed by atoms with Crippen LogP contribution in [0.15, 0.2) is 182 Å². The molecule has 1 atom stereocenters. The first kappa shape index (κ1) is 75.5. The molecule has 0 amide bonds. The van der Waals surface area contributed by atoms with Crippen molar-refractivity contribution < 1.29 is 28.6 Å². The van der Waals surface area contributed by atoms with Gasteiger partial charge in [0.05, 0.1) is 0 Å². The normalized spacial score (nSPS) is 13.4. The number of carbonyl (C=O) groups is 3. The molecule has 6 heteroatoms. The van der Waals surface area contributed by atoms with Crippen LogP contribution in [0.3, 0.4) is 0 Å². The standard InChI is InChI=1S/C75H116O6/c1-4-7-10-13-16-19-22-25-28-31-34-36-37-39-41-44-47-50-53-56-59-62-65-68-74(77)80-71-72(70-79-73(76)67-64-61-58-55-52-49-46-43-40-33-30-27-24-21-18-15-12-9-6-3)81-75(78)69-66-63-60-57-54-51-48-45-42-38-35-32-29-26-23-20-17-14-11-8-5-2/h7-12,16-21,25-30,34-36,38,40,43,45,48-49,52,58,61,72H,4-6,13-15,22-24,31-33,37,39,41-42,44,46-47,50-51,53-57,59-60,62-71H2,1-3H3/b10-7-,11-8-,12-9-,19-16-,20-17-,21-18-,28-25-,29-26-,30-27-,36-34-,38-35-,43-40-,48-45-,52-49-,61-58-. The first-order valence-electron chi connectivity index (χ1n) is 32.3. The van der Waals surface area contributed by atoms with Gasteiger partial charge in [-0.05, 0) is 141 Å². The van der Waals surface area contributed by atoms with Crippen LogP contribution in [-0.4, -0.2) is 37.2 Å². The average Bonchev–Trinajstić information content (AvgIpc) is 3.47. The highest BCUT2D eigenvalue weighted by Gasteiger charge is 2.19. The lowest BCUT2D eigenvalue weighted by molar-refractivity contribution is -0.166. The molecule has 0 aliphatic rings. The summed E-state index contributed by atoms with van der Waals surface area (Å²) in [5.74, 6) is -1.04. The fourth-order valence-corrected chi connectivity index (χ4v) is 8.19. The van der Waals surface area contributed by atoms with E-state index in [9.17, 15) is 14.4 Å². The van der Waals surface area contributed by atoms with E-state index in [0.717, 1.165) is 154 Å². The van der Waals surface area contributed by atoms with Crippen LogP contribution in [0, 0.1) is 0 Å². The number of hydrogen-bond acceptors (Lipinski definition) is 6. The molecule has 0 radical (unpaired) electrons. The smallest absolute Gasteiger partial charge is 0.306 e. The summed E-state index contributed by atoms with van der Waals surface area (Å²) in [5, 5.41) is 0. The lowest BCUT2D eigenvalue weighted by Crippen LogP contribution is -2.30. The molecule has 0 saturated carbocycles. The fourth-order valence-electron chi connectivity index (χ4n) is 8.19. The number of rotatable bonds is 56. The molecule has 0 bridgehead atoms. The predicted molar refractivity (Wildman–Crippen MR) is 352 cm³/mol. The van der Waals surface area contributed by atoms with Crippen molar-refractivity contribution in [2.45, 2.75) is 258 Å². The van der Waals surface area contributed by atoms with Crippen molar-refractivity contribution in [2.24, 2.45) is 0 Å². The molecule has 0 saturated heterocycles. The van der Waals surface area contributed by atoms with Crippen LogP contribution in [0.2, 0.25) is 0 Å². The highest BCUT2D eigenvalue weighted by atomic mass is 16.6. The molecule has 0 rings (SSSR count). The monoisotopic (exact) mass is 1110 g/mol. The first-order valence-corrected chi connectivity index (χ1v) is 32.3. The van der Waals surface area contributed by atoms with Gasteiger partial charge in [-0.3, -0.25) is 14.4 Å². The van der Waals surface area contributed by atoms with Crippen molar-refractivity contribution >= 4 is 17.9 Å². The highest BCUT2D eigenvalue weighted by Crippen LogP contribution is 2.14. The molecule has 81 heavy (non-hydrogen) atoms. The Morgan fingerprint density at radius 1 is 0.247 bits per heavy atom. The Morgan fingerprint density at radius 2 is 0.469 bits per heavy atom. The van der Waals surface area contributed by atoms with Gasteiger partial charge in [0.2, 0.25) is 0 Å². The summed E-state index contributed by atoms with van der Waals surface area (Å²) in [5.41, 5.74) is 0. The van der Waals surface area contributed by atoms with Crippen molar-refractivity contribution in [1.29, 1.82) is 0 Å². The van der Waals surface area contributed by atoms with Gasteiger partial charge in [-0.2, -0.15) is 0 Å². The summed E-state index contributed by atoms with van der Waals surface area (Å²) < 4.78 is 16.9. The van der Waals surface area contributed by atoms with Crippen LogP contribution >= 0.6 is 0 Å². The summed E-state index contributed by atoms with van der Waals surface area (Å²) in [6, 6.07) is 0. The van der Waals surface area contributed by atoms with Gasteiger partial charge in [-0.15, -0.1) is 0 Å². The molecule has 0 aromatic carbocycles. The van der Waals surface area contributed by atoms with Gasteiger partial charge in [0.15, 0.2) is 6.10 Å². The van der Waals surface area contributed by atoms with E-state index in [1.54, 1.807) is 0 Å². The Kier molecular flexibility index (Phi) is 62.5. The Morgan fingerprint density at radius 3 is 0.765 bits per heavy atom. The van der Waals surface area contributed by atoms with Gasteiger partial charge in [0.1, 0.15) is 13.2 Å². The van der Waals surface area contributed by atoms with Crippen molar-refractivity contribution in [3.05, 3.63) is 182 Å². The molecule has 0 aromatic heterocycles. The Labute approximate surface area is 497 Å². The molecule has 0 fully saturated rings. The Bertz CT molecular complexity index is 1900. The second kappa shape index (κ2) is 67.0. The van der Waals surface area contributed by atoms with Gasteiger partial charge in [-0.25, -0.2) is 0 Å². The molecule has 0 N–H and O–H groups in total. The minimum atomic E-state index is -0.834. The van der Waals surface area contributed by atoms with Gasteiger partial charge in [0.25, 0.3) is 0 Å². The number of carbonyl (C=O) groups excluding carboxylic acids is 3. The van der Waals surface area contributed by atoms with Crippen LogP contribution in [-0.2, 0) is 28.6 Å². The van der Waals surface area contributed by atoms with E-state index >= 15 is 0 Å². The molecule has 452 valence electrons. The van der Waals surface area contributed by atoms with Crippen molar-refractivity contribution in [3.63, 3.8) is 0 Å². The molecular weight excluding hydrogens is 997 g/mol. The Balaban J connectivity index is 4.56. The lowest BCUT2D eigenvalue weighted by Gasteiger charge is -2.18.